The maximum absolute atomic E-state index is 10.8. The molecule has 1 atom stereocenters. The van der Waals surface area contributed by atoms with E-state index >= 15 is 0 Å². The number of non-ortho nitro benzene ring substituents is 1. The second-order valence-electron chi connectivity index (χ2n) is 6.81. The number of hydrogen-bond acceptors (Lipinski definition) is 5. The van der Waals surface area contributed by atoms with E-state index in [0.29, 0.717) is 25.6 Å². The predicted octanol–water partition coefficient (Wildman–Crippen LogP) is 3.64. The number of nitrogens with zero attached hydrogens (tertiary/aromatic N) is 2. The van der Waals surface area contributed by atoms with Gasteiger partial charge >= 0.3 is 0 Å². The molecule has 0 aliphatic carbocycles. The molecule has 1 unspecified atom stereocenters. The summed E-state index contributed by atoms with van der Waals surface area (Å²) in [6.07, 6.45) is 2.32. The number of halogens is 1. The van der Waals surface area contributed by atoms with Gasteiger partial charge in [0.15, 0.2) is 5.96 Å². The summed E-state index contributed by atoms with van der Waals surface area (Å²) in [6, 6.07) is 14.3. The Morgan fingerprint density at radius 1 is 1.17 bits per heavy atom. The Labute approximate surface area is 193 Å². The van der Waals surface area contributed by atoms with Crippen LogP contribution in [-0.2, 0) is 17.8 Å². The first-order valence-corrected chi connectivity index (χ1v) is 9.64. The van der Waals surface area contributed by atoms with E-state index in [9.17, 15) is 10.1 Å². The molecule has 30 heavy (non-hydrogen) atoms. The van der Waals surface area contributed by atoms with Gasteiger partial charge in [-0.2, -0.15) is 0 Å². The number of nitro groups is 1. The number of guanidine groups is 1. The van der Waals surface area contributed by atoms with Crippen molar-refractivity contribution in [2.75, 3.05) is 20.3 Å². The largest absolute Gasteiger partial charge is 0.497 e. The number of hydrogen-bond donors (Lipinski definition) is 2. The lowest BCUT2D eigenvalue weighted by atomic mass is 10.2. The van der Waals surface area contributed by atoms with E-state index in [-0.39, 0.29) is 35.8 Å². The van der Waals surface area contributed by atoms with Crippen LogP contribution in [0.1, 0.15) is 24.0 Å². The first kappa shape index (κ1) is 23.9. The number of rotatable bonds is 8. The molecule has 3 rings (SSSR count). The van der Waals surface area contributed by atoms with Crippen LogP contribution in [0, 0.1) is 10.1 Å². The predicted molar refractivity (Wildman–Crippen MR) is 126 cm³/mol. The van der Waals surface area contributed by atoms with Crippen molar-refractivity contribution in [3.05, 3.63) is 69.8 Å². The van der Waals surface area contributed by atoms with Crippen LogP contribution in [0.5, 0.6) is 5.75 Å². The van der Waals surface area contributed by atoms with Crippen LogP contribution < -0.4 is 15.4 Å². The Bertz CT molecular complexity index is 822. The Balaban J connectivity index is 0.00000320. The van der Waals surface area contributed by atoms with Crippen molar-refractivity contribution in [2.24, 2.45) is 4.99 Å². The van der Waals surface area contributed by atoms with Crippen LogP contribution in [0.4, 0.5) is 5.69 Å². The zero-order valence-corrected chi connectivity index (χ0v) is 19.2. The molecular weight excluding hydrogens is 499 g/mol. The number of methoxy groups -OCH3 is 1. The first-order valence-electron chi connectivity index (χ1n) is 9.64. The summed E-state index contributed by atoms with van der Waals surface area (Å²) in [5.74, 6) is 1.49. The molecule has 1 aliphatic rings. The van der Waals surface area contributed by atoms with Crippen molar-refractivity contribution < 1.29 is 14.4 Å². The summed E-state index contributed by atoms with van der Waals surface area (Å²) in [7, 11) is 1.64. The van der Waals surface area contributed by atoms with Crippen LogP contribution in [0.15, 0.2) is 53.5 Å². The zero-order valence-electron chi connectivity index (χ0n) is 16.9. The number of benzene rings is 2. The standard InChI is InChI=1S/C21H26N4O4.HI/c1-28-19-10-6-17(7-11-19)14-23-21(24-15-20-3-2-12-29-20)22-13-16-4-8-18(9-5-16)25(26)27;/h4-11,20H,2-3,12-15H2,1H3,(H2,22,23,24);1H. The number of nitro benzene ring substituents is 1. The third kappa shape index (κ3) is 7.45. The molecule has 0 spiro atoms. The molecule has 0 radical (unpaired) electrons. The van der Waals surface area contributed by atoms with Crippen molar-refractivity contribution in [2.45, 2.75) is 32.0 Å². The van der Waals surface area contributed by atoms with Crippen LogP contribution >= 0.6 is 24.0 Å². The van der Waals surface area contributed by atoms with E-state index in [1.807, 2.05) is 24.3 Å². The van der Waals surface area contributed by atoms with Crippen LogP contribution in [0.25, 0.3) is 0 Å². The lowest BCUT2D eigenvalue weighted by Crippen LogP contribution is -2.40. The van der Waals surface area contributed by atoms with Gasteiger partial charge in [0, 0.05) is 31.8 Å². The van der Waals surface area contributed by atoms with Gasteiger partial charge in [-0.1, -0.05) is 24.3 Å². The van der Waals surface area contributed by atoms with Gasteiger partial charge in [0.05, 0.1) is 24.7 Å². The van der Waals surface area contributed by atoms with Gasteiger partial charge in [-0.15, -0.1) is 24.0 Å². The molecule has 1 heterocycles. The van der Waals surface area contributed by atoms with Crippen molar-refractivity contribution in [3.8, 4) is 5.75 Å². The molecule has 8 nitrogen and oxygen atoms in total. The highest BCUT2D eigenvalue weighted by Gasteiger charge is 2.15. The van der Waals surface area contributed by atoms with Gasteiger partial charge in [0.25, 0.3) is 5.69 Å². The highest BCUT2D eigenvalue weighted by molar-refractivity contribution is 14.0. The maximum atomic E-state index is 10.8. The van der Waals surface area contributed by atoms with Gasteiger partial charge in [-0.25, -0.2) is 4.99 Å². The molecule has 0 saturated carbocycles. The quantitative estimate of drug-likeness (QED) is 0.179. The Morgan fingerprint density at radius 2 is 1.87 bits per heavy atom. The van der Waals surface area contributed by atoms with Crippen molar-refractivity contribution in [1.29, 1.82) is 0 Å². The fraction of sp³-hybridized carbons (Fsp3) is 0.381. The highest BCUT2D eigenvalue weighted by Crippen LogP contribution is 2.13. The molecule has 2 aromatic rings. The molecule has 0 aromatic heterocycles. The molecule has 162 valence electrons. The van der Waals surface area contributed by atoms with E-state index in [4.69, 9.17) is 9.47 Å². The molecule has 1 fully saturated rings. The number of aliphatic imine (C=N–C) groups is 1. The first-order chi connectivity index (χ1) is 14.1. The third-order valence-corrected chi connectivity index (χ3v) is 4.71. The summed E-state index contributed by atoms with van der Waals surface area (Å²) < 4.78 is 10.9. The minimum absolute atomic E-state index is 0. The van der Waals surface area contributed by atoms with Crippen molar-refractivity contribution in [3.63, 3.8) is 0 Å². The third-order valence-electron chi connectivity index (χ3n) is 4.71. The van der Waals surface area contributed by atoms with E-state index in [1.54, 1.807) is 19.2 Å². The lowest BCUT2D eigenvalue weighted by Gasteiger charge is -2.16. The Kier molecular flexibility index (Phi) is 9.81. The monoisotopic (exact) mass is 526 g/mol. The normalized spacial score (nSPS) is 15.9. The summed E-state index contributed by atoms with van der Waals surface area (Å²) in [5, 5.41) is 17.4. The van der Waals surface area contributed by atoms with E-state index in [0.717, 1.165) is 36.3 Å². The molecular formula is C21H27IN4O4. The lowest BCUT2D eigenvalue weighted by molar-refractivity contribution is -0.384. The fourth-order valence-corrected chi connectivity index (χ4v) is 3.01. The van der Waals surface area contributed by atoms with Crippen LogP contribution in [0.2, 0.25) is 0 Å². The van der Waals surface area contributed by atoms with Gasteiger partial charge in [0.1, 0.15) is 5.75 Å². The summed E-state index contributed by atoms with van der Waals surface area (Å²) in [4.78, 5) is 15.1. The molecule has 1 saturated heterocycles. The van der Waals surface area contributed by atoms with Crippen molar-refractivity contribution in [1.82, 2.24) is 10.6 Å². The summed E-state index contributed by atoms with van der Waals surface area (Å²) in [5.41, 5.74) is 2.09. The average Bonchev–Trinajstić information content (AvgIpc) is 3.27. The van der Waals surface area contributed by atoms with E-state index in [2.05, 4.69) is 15.6 Å². The molecule has 2 aromatic carbocycles. The van der Waals surface area contributed by atoms with E-state index < -0.39 is 4.92 Å². The maximum Gasteiger partial charge on any atom is 0.269 e. The smallest absolute Gasteiger partial charge is 0.269 e. The minimum Gasteiger partial charge on any atom is -0.497 e. The Morgan fingerprint density at radius 3 is 2.47 bits per heavy atom. The van der Waals surface area contributed by atoms with Gasteiger partial charge in [0.2, 0.25) is 0 Å². The number of ether oxygens (including phenoxy) is 2. The van der Waals surface area contributed by atoms with E-state index in [1.165, 1.54) is 12.1 Å². The minimum atomic E-state index is -0.401. The van der Waals surface area contributed by atoms with Crippen LogP contribution in [0.3, 0.4) is 0 Å². The fourth-order valence-electron chi connectivity index (χ4n) is 3.01. The summed E-state index contributed by atoms with van der Waals surface area (Å²) >= 11 is 0. The molecule has 1 aliphatic heterocycles. The second-order valence-corrected chi connectivity index (χ2v) is 6.81. The van der Waals surface area contributed by atoms with Gasteiger partial charge in [-0.3, -0.25) is 10.1 Å². The Hall–Kier alpha value is -2.40. The highest BCUT2D eigenvalue weighted by atomic mass is 127. The molecule has 9 heteroatoms. The second kappa shape index (κ2) is 12.3. The number of nitrogens with one attached hydrogen (secondary N) is 2. The molecule has 0 amide bonds. The summed E-state index contributed by atoms with van der Waals surface area (Å²) in [6.45, 7) is 2.53. The topological polar surface area (TPSA) is 98.0 Å². The van der Waals surface area contributed by atoms with Gasteiger partial charge < -0.3 is 20.1 Å². The van der Waals surface area contributed by atoms with Gasteiger partial charge in [-0.05, 0) is 36.1 Å². The van der Waals surface area contributed by atoms with Crippen molar-refractivity contribution >= 4 is 35.6 Å². The molecule has 2 N–H and O–H groups in total. The van der Waals surface area contributed by atoms with Crippen LogP contribution in [-0.4, -0.2) is 37.2 Å². The zero-order chi connectivity index (χ0) is 20.5. The SMILES string of the molecule is COc1ccc(CN=C(NCc2ccc([N+](=O)[O-])cc2)NCC2CCCO2)cc1.I. The molecule has 0 bridgehead atoms. The average molecular weight is 526 g/mol.